The van der Waals surface area contributed by atoms with Gasteiger partial charge in [-0.25, -0.2) is 9.18 Å². The average Bonchev–Trinajstić information content (AvgIpc) is 2.65. The van der Waals surface area contributed by atoms with Gasteiger partial charge < -0.3 is 15.4 Å². The second-order valence-corrected chi connectivity index (χ2v) is 6.90. The highest BCUT2D eigenvalue weighted by atomic mass is 19.1. The standard InChI is InChI=1S/C19H28FN3O2/c20-16-8-6-15(7-9-16)18(23-10-12-25-13-11-23)14-21-19(24)22-17-4-2-1-3-5-17/h6-9,17-18H,1-5,10-14H2,(H2,21,22,24)/t18-/m0/s1. The van der Waals surface area contributed by atoms with Crippen LogP contribution in [-0.4, -0.2) is 49.8 Å². The zero-order valence-corrected chi connectivity index (χ0v) is 14.7. The van der Waals surface area contributed by atoms with Crippen molar-refractivity contribution in [2.75, 3.05) is 32.8 Å². The first-order chi connectivity index (χ1) is 12.2. The first-order valence-corrected chi connectivity index (χ1v) is 9.34. The summed E-state index contributed by atoms with van der Waals surface area (Å²) in [5, 5.41) is 6.10. The highest BCUT2D eigenvalue weighted by Crippen LogP contribution is 2.22. The van der Waals surface area contributed by atoms with Gasteiger partial charge in [-0.3, -0.25) is 4.90 Å². The maximum Gasteiger partial charge on any atom is 0.315 e. The minimum Gasteiger partial charge on any atom is -0.379 e. The number of carbonyl (C=O) groups excluding carboxylic acids is 1. The Kier molecular flexibility index (Phi) is 6.64. The largest absolute Gasteiger partial charge is 0.379 e. The molecule has 1 aromatic rings. The number of nitrogens with one attached hydrogen (secondary N) is 2. The van der Waals surface area contributed by atoms with Crippen LogP contribution in [0.25, 0.3) is 0 Å². The minimum atomic E-state index is -0.243. The lowest BCUT2D eigenvalue weighted by molar-refractivity contribution is 0.0166. The second-order valence-electron chi connectivity index (χ2n) is 6.90. The van der Waals surface area contributed by atoms with Crippen LogP contribution in [-0.2, 0) is 4.74 Å². The van der Waals surface area contributed by atoms with Crippen molar-refractivity contribution < 1.29 is 13.9 Å². The summed E-state index contributed by atoms with van der Waals surface area (Å²) in [7, 11) is 0. The second kappa shape index (κ2) is 9.15. The van der Waals surface area contributed by atoms with Gasteiger partial charge in [0, 0.05) is 25.7 Å². The van der Waals surface area contributed by atoms with Gasteiger partial charge in [0.25, 0.3) is 0 Å². The molecule has 1 heterocycles. The average molecular weight is 349 g/mol. The monoisotopic (exact) mass is 349 g/mol. The number of benzene rings is 1. The van der Waals surface area contributed by atoms with E-state index in [0.29, 0.717) is 25.8 Å². The highest BCUT2D eigenvalue weighted by molar-refractivity contribution is 5.74. The van der Waals surface area contributed by atoms with Gasteiger partial charge in [0.2, 0.25) is 0 Å². The van der Waals surface area contributed by atoms with Crippen molar-refractivity contribution in [2.24, 2.45) is 0 Å². The number of amides is 2. The van der Waals surface area contributed by atoms with Gasteiger partial charge in [0.05, 0.1) is 19.3 Å². The summed E-state index contributed by atoms with van der Waals surface area (Å²) in [4.78, 5) is 14.5. The zero-order chi connectivity index (χ0) is 17.5. The summed E-state index contributed by atoms with van der Waals surface area (Å²) >= 11 is 0. The molecule has 6 heteroatoms. The van der Waals surface area contributed by atoms with Crippen molar-refractivity contribution in [2.45, 2.75) is 44.2 Å². The smallest absolute Gasteiger partial charge is 0.315 e. The number of carbonyl (C=O) groups is 1. The summed E-state index contributed by atoms with van der Waals surface area (Å²) in [5.41, 5.74) is 1.02. The van der Waals surface area contributed by atoms with E-state index in [9.17, 15) is 9.18 Å². The summed E-state index contributed by atoms with van der Waals surface area (Å²) < 4.78 is 18.7. The SMILES string of the molecule is O=C(NC[C@@H](c1ccc(F)cc1)N1CCOCC1)NC1CCCCC1. The van der Waals surface area contributed by atoms with Crippen LogP contribution in [0.4, 0.5) is 9.18 Å². The van der Waals surface area contributed by atoms with Gasteiger partial charge in [-0.2, -0.15) is 0 Å². The number of morpholine rings is 1. The maximum absolute atomic E-state index is 13.3. The van der Waals surface area contributed by atoms with Gasteiger partial charge >= 0.3 is 6.03 Å². The fraction of sp³-hybridized carbons (Fsp3) is 0.632. The Bertz CT molecular complexity index is 540. The Morgan fingerprint density at radius 3 is 2.52 bits per heavy atom. The lowest BCUT2D eigenvalue weighted by Crippen LogP contribution is -2.47. The topological polar surface area (TPSA) is 53.6 Å². The summed E-state index contributed by atoms with van der Waals surface area (Å²) in [6, 6.07) is 6.78. The van der Waals surface area contributed by atoms with Gasteiger partial charge in [-0.15, -0.1) is 0 Å². The van der Waals surface area contributed by atoms with E-state index in [1.807, 2.05) is 0 Å². The van der Waals surface area contributed by atoms with Crippen molar-refractivity contribution in [1.82, 2.24) is 15.5 Å². The van der Waals surface area contributed by atoms with Crippen molar-refractivity contribution >= 4 is 6.03 Å². The highest BCUT2D eigenvalue weighted by Gasteiger charge is 2.24. The third-order valence-corrected chi connectivity index (χ3v) is 5.14. The third kappa shape index (κ3) is 5.41. The van der Waals surface area contributed by atoms with E-state index in [4.69, 9.17) is 4.74 Å². The molecule has 2 amide bonds. The van der Waals surface area contributed by atoms with Gasteiger partial charge in [0.15, 0.2) is 0 Å². The predicted octanol–water partition coefficient (Wildman–Crippen LogP) is 2.83. The molecule has 1 aliphatic carbocycles. The lowest BCUT2D eigenvalue weighted by Gasteiger charge is -2.35. The van der Waals surface area contributed by atoms with Crippen LogP contribution in [0.2, 0.25) is 0 Å². The Balaban J connectivity index is 1.58. The number of ether oxygens (including phenoxy) is 1. The molecule has 0 spiro atoms. The lowest BCUT2D eigenvalue weighted by atomic mass is 9.96. The van der Waals surface area contributed by atoms with Crippen LogP contribution in [0.15, 0.2) is 24.3 Å². The molecule has 0 radical (unpaired) electrons. The van der Waals surface area contributed by atoms with E-state index in [1.54, 1.807) is 12.1 Å². The van der Waals surface area contributed by atoms with Crippen molar-refractivity contribution in [1.29, 1.82) is 0 Å². The molecule has 2 fully saturated rings. The van der Waals surface area contributed by atoms with Crippen LogP contribution in [0, 0.1) is 5.82 Å². The number of nitrogens with zero attached hydrogens (tertiary/aromatic N) is 1. The molecule has 0 unspecified atom stereocenters. The van der Waals surface area contributed by atoms with Crippen LogP contribution in [0.3, 0.4) is 0 Å². The van der Waals surface area contributed by atoms with Gasteiger partial charge in [-0.1, -0.05) is 31.4 Å². The molecule has 1 atom stereocenters. The van der Waals surface area contributed by atoms with Crippen LogP contribution in [0.5, 0.6) is 0 Å². The van der Waals surface area contributed by atoms with Crippen molar-refractivity contribution in [3.63, 3.8) is 0 Å². The number of hydrogen-bond acceptors (Lipinski definition) is 3. The number of rotatable bonds is 5. The van der Waals surface area contributed by atoms with Crippen molar-refractivity contribution in [3.8, 4) is 0 Å². The molecule has 2 aliphatic rings. The van der Waals surface area contributed by atoms with E-state index in [0.717, 1.165) is 31.5 Å². The molecular formula is C19H28FN3O2. The van der Waals surface area contributed by atoms with E-state index in [-0.39, 0.29) is 17.9 Å². The Morgan fingerprint density at radius 1 is 1.16 bits per heavy atom. The first-order valence-electron chi connectivity index (χ1n) is 9.34. The predicted molar refractivity (Wildman–Crippen MR) is 94.9 cm³/mol. The Morgan fingerprint density at radius 2 is 1.84 bits per heavy atom. The van der Waals surface area contributed by atoms with E-state index < -0.39 is 0 Å². The number of urea groups is 1. The van der Waals surface area contributed by atoms with Crippen LogP contribution in [0.1, 0.15) is 43.7 Å². The molecule has 25 heavy (non-hydrogen) atoms. The minimum absolute atomic E-state index is 0.0293. The molecule has 1 saturated heterocycles. The first kappa shape index (κ1) is 18.1. The molecule has 1 saturated carbocycles. The number of hydrogen-bond donors (Lipinski definition) is 2. The molecule has 1 aromatic carbocycles. The molecule has 1 aliphatic heterocycles. The number of halogens is 1. The van der Waals surface area contributed by atoms with E-state index in [1.165, 1.54) is 31.4 Å². The summed E-state index contributed by atoms with van der Waals surface area (Å²) in [6.45, 7) is 3.50. The molecule has 3 rings (SSSR count). The molecule has 0 bridgehead atoms. The van der Waals surface area contributed by atoms with Gasteiger partial charge in [0.1, 0.15) is 5.82 Å². The van der Waals surface area contributed by atoms with Crippen LogP contribution >= 0.6 is 0 Å². The molecule has 5 nitrogen and oxygen atoms in total. The normalized spacial score (nSPS) is 20.8. The Hall–Kier alpha value is -1.66. The third-order valence-electron chi connectivity index (χ3n) is 5.14. The maximum atomic E-state index is 13.3. The fourth-order valence-corrected chi connectivity index (χ4v) is 3.70. The molecule has 138 valence electrons. The van der Waals surface area contributed by atoms with Gasteiger partial charge in [-0.05, 0) is 30.5 Å². The fourth-order valence-electron chi connectivity index (χ4n) is 3.70. The summed E-state index contributed by atoms with van der Waals surface area (Å²) in [5.74, 6) is -0.243. The zero-order valence-electron chi connectivity index (χ0n) is 14.7. The van der Waals surface area contributed by atoms with E-state index in [2.05, 4.69) is 15.5 Å². The van der Waals surface area contributed by atoms with E-state index >= 15 is 0 Å². The quantitative estimate of drug-likeness (QED) is 0.859. The van der Waals surface area contributed by atoms with Crippen molar-refractivity contribution in [3.05, 3.63) is 35.6 Å². The molecular weight excluding hydrogens is 321 g/mol. The Labute approximate surface area is 148 Å². The molecule has 2 N–H and O–H groups in total. The summed E-state index contributed by atoms with van der Waals surface area (Å²) in [6.07, 6.45) is 5.79. The molecule has 0 aromatic heterocycles. The van der Waals surface area contributed by atoms with Crippen LogP contribution < -0.4 is 10.6 Å².